The van der Waals surface area contributed by atoms with Crippen LogP contribution in [0.25, 0.3) is 0 Å². The molecule has 2 rings (SSSR count). The summed E-state index contributed by atoms with van der Waals surface area (Å²) >= 11 is 9.14. The van der Waals surface area contributed by atoms with Gasteiger partial charge in [0.25, 0.3) is 0 Å². The first-order valence-electron chi connectivity index (χ1n) is 5.93. The molecule has 0 spiro atoms. The van der Waals surface area contributed by atoms with Crippen LogP contribution < -0.4 is 9.47 Å². The van der Waals surface area contributed by atoms with Crippen molar-refractivity contribution in [1.29, 1.82) is 0 Å². The summed E-state index contributed by atoms with van der Waals surface area (Å²) in [7, 11) is 1.60. The molecular weight excluding hydrogens is 347 g/mol. The molecule has 0 aliphatic rings. The van der Waals surface area contributed by atoms with Gasteiger partial charge in [-0.25, -0.2) is 4.39 Å². The van der Waals surface area contributed by atoms with Crippen LogP contribution in [0.5, 0.6) is 11.5 Å². The minimum absolute atomic E-state index is 0.270. The first kappa shape index (κ1) is 15.1. The molecule has 0 atom stereocenters. The minimum Gasteiger partial charge on any atom is -0.497 e. The molecule has 0 heterocycles. The lowest BCUT2D eigenvalue weighted by Gasteiger charge is -2.11. The Bertz CT molecular complexity index is 584. The molecule has 0 fully saturated rings. The van der Waals surface area contributed by atoms with Crippen molar-refractivity contribution in [2.75, 3.05) is 7.11 Å². The number of hydrogen-bond acceptors (Lipinski definition) is 2. The van der Waals surface area contributed by atoms with E-state index in [1.807, 2.05) is 12.1 Å². The average molecular weight is 360 g/mol. The predicted octanol–water partition coefficient (Wildman–Crippen LogP) is 4.91. The quantitative estimate of drug-likeness (QED) is 0.706. The van der Waals surface area contributed by atoms with Gasteiger partial charge < -0.3 is 9.47 Å². The third-order valence-electron chi connectivity index (χ3n) is 2.73. The standard InChI is InChI=1S/C15H13BrClFO2/c1-19-14-2-3-15(11(6-14)8-17)20-9-10-4-12(16)7-13(18)5-10/h2-7H,8-9H2,1H3. The molecule has 2 aromatic carbocycles. The Morgan fingerprint density at radius 2 is 2.00 bits per heavy atom. The molecule has 2 aromatic rings. The van der Waals surface area contributed by atoms with Gasteiger partial charge in [0.15, 0.2) is 0 Å². The highest BCUT2D eigenvalue weighted by atomic mass is 79.9. The maximum atomic E-state index is 13.3. The fourth-order valence-electron chi connectivity index (χ4n) is 1.78. The van der Waals surface area contributed by atoms with Crippen LogP contribution in [-0.2, 0) is 12.5 Å². The molecular formula is C15H13BrClFO2. The van der Waals surface area contributed by atoms with Gasteiger partial charge in [0.1, 0.15) is 23.9 Å². The second-order valence-corrected chi connectivity index (χ2v) is 5.36. The van der Waals surface area contributed by atoms with Crippen molar-refractivity contribution >= 4 is 27.5 Å². The second-order valence-electron chi connectivity index (χ2n) is 4.17. The Balaban J connectivity index is 2.14. The third kappa shape index (κ3) is 3.87. The Kier molecular flexibility index (Phi) is 5.26. The smallest absolute Gasteiger partial charge is 0.124 e. The predicted molar refractivity (Wildman–Crippen MR) is 81.0 cm³/mol. The monoisotopic (exact) mass is 358 g/mol. The fraction of sp³-hybridized carbons (Fsp3) is 0.200. The lowest BCUT2D eigenvalue weighted by Crippen LogP contribution is -1.99. The van der Waals surface area contributed by atoms with Crippen molar-refractivity contribution in [2.45, 2.75) is 12.5 Å². The van der Waals surface area contributed by atoms with Crippen molar-refractivity contribution in [3.63, 3.8) is 0 Å². The molecule has 2 nitrogen and oxygen atoms in total. The molecule has 0 unspecified atom stereocenters. The van der Waals surface area contributed by atoms with Crippen LogP contribution in [0.4, 0.5) is 4.39 Å². The highest BCUT2D eigenvalue weighted by Gasteiger charge is 2.06. The van der Waals surface area contributed by atoms with Crippen LogP contribution >= 0.6 is 27.5 Å². The molecule has 0 amide bonds. The number of ether oxygens (including phenoxy) is 2. The highest BCUT2D eigenvalue weighted by Crippen LogP contribution is 2.26. The zero-order chi connectivity index (χ0) is 14.5. The molecule has 0 aliphatic heterocycles. The van der Waals surface area contributed by atoms with E-state index < -0.39 is 0 Å². The van der Waals surface area contributed by atoms with Crippen molar-refractivity contribution in [3.8, 4) is 11.5 Å². The Hall–Kier alpha value is -1.26. The zero-order valence-corrected chi connectivity index (χ0v) is 13.2. The third-order valence-corrected chi connectivity index (χ3v) is 3.47. The van der Waals surface area contributed by atoms with Crippen molar-refractivity contribution < 1.29 is 13.9 Å². The Morgan fingerprint density at radius 1 is 1.20 bits per heavy atom. The molecule has 0 radical (unpaired) electrons. The van der Waals surface area contributed by atoms with Crippen molar-refractivity contribution in [2.24, 2.45) is 0 Å². The summed E-state index contributed by atoms with van der Waals surface area (Å²) < 4.78 is 24.8. The van der Waals surface area contributed by atoms with Crippen molar-refractivity contribution in [3.05, 3.63) is 57.8 Å². The van der Waals surface area contributed by atoms with E-state index in [2.05, 4.69) is 15.9 Å². The normalized spacial score (nSPS) is 10.4. The molecule has 0 saturated carbocycles. The summed E-state index contributed by atoms with van der Waals surface area (Å²) in [6.07, 6.45) is 0. The maximum absolute atomic E-state index is 13.3. The average Bonchev–Trinajstić information content (AvgIpc) is 2.44. The highest BCUT2D eigenvalue weighted by molar-refractivity contribution is 9.10. The summed E-state index contributed by atoms with van der Waals surface area (Å²) in [4.78, 5) is 0. The van der Waals surface area contributed by atoms with Gasteiger partial charge in [-0.1, -0.05) is 15.9 Å². The van der Waals surface area contributed by atoms with Crippen LogP contribution in [0.3, 0.4) is 0 Å². The summed E-state index contributed by atoms with van der Waals surface area (Å²) in [6.45, 7) is 0.270. The number of methoxy groups -OCH3 is 1. The van der Waals surface area contributed by atoms with E-state index in [4.69, 9.17) is 21.1 Å². The van der Waals surface area contributed by atoms with Gasteiger partial charge in [0.05, 0.1) is 13.0 Å². The summed E-state index contributed by atoms with van der Waals surface area (Å²) in [5, 5.41) is 0. The second kappa shape index (κ2) is 6.95. The van der Waals surface area contributed by atoms with Crippen molar-refractivity contribution in [1.82, 2.24) is 0 Å². The topological polar surface area (TPSA) is 18.5 Å². The van der Waals surface area contributed by atoms with Crippen LogP contribution in [0, 0.1) is 5.82 Å². The van der Waals surface area contributed by atoms with Gasteiger partial charge in [0.2, 0.25) is 0 Å². The summed E-state index contributed by atoms with van der Waals surface area (Å²) in [5.74, 6) is 1.41. The minimum atomic E-state index is -0.301. The van der Waals surface area contributed by atoms with E-state index in [-0.39, 0.29) is 12.4 Å². The van der Waals surface area contributed by atoms with Gasteiger partial charge >= 0.3 is 0 Å². The van der Waals surface area contributed by atoms with Crippen LogP contribution in [-0.4, -0.2) is 7.11 Å². The molecule has 106 valence electrons. The molecule has 0 bridgehead atoms. The first-order valence-corrected chi connectivity index (χ1v) is 7.26. The van der Waals surface area contributed by atoms with Crippen LogP contribution in [0.15, 0.2) is 40.9 Å². The largest absolute Gasteiger partial charge is 0.497 e. The molecule has 0 N–H and O–H groups in total. The number of benzene rings is 2. The molecule has 0 saturated heterocycles. The lowest BCUT2D eigenvalue weighted by molar-refractivity contribution is 0.302. The zero-order valence-electron chi connectivity index (χ0n) is 10.8. The first-order chi connectivity index (χ1) is 9.62. The Morgan fingerprint density at radius 3 is 2.65 bits per heavy atom. The maximum Gasteiger partial charge on any atom is 0.124 e. The van der Waals surface area contributed by atoms with E-state index in [0.717, 1.165) is 16.9 Å². The van der Waals surface area contributed by atoms with E-state index in [1.165, 1.54) is 12.1 Å². The van der Waals surface area contributed by atoms with Crippen LogP contribution in [0.1, 0.15) is 11.1 Å². The van der Waals surface area contributed by atoms with E-state index >= 15 is 0 Å². The van der Waals surface area contributed by atoms with E-state index in [1.54, 1.807) is 19.2 Å². The summed E-state index contributed by atoms with van der Waals surface area (Å²) in [5.41, 5.74) is 1.58. The fourth-order valence-corrected chi connectivity index (χ4v) is 2.50. The molecule has 0 aromatic heterocycles. The summed E-state index contributed by atoms with van der Waals surface area (Å²) in [6, 6.07) is 10.1. The number of alkyl halides is 1. The number of hydrogen-bond donors (Lipinski definition) is 0. The SMILES string of the molecule is COc1ccc(OCc2cc(F)cc(Br)c2)c(CCl)c1. The van der Waals surface area contributed by atoms with E-state index in [0.29, 0.717) is 16.1 Å². The van der Waals surface area contributed by atoms with Gasteiger partial charge in [-0.05, 0) is 42.0 Å². The molecule has 0 aliphatic carbocycles. The van der Waals surface area contributed by atoms with Gasteiger partial charge in [-0.3, -0.25) is 0 Å². The number of rotatable bonds is 5. The Labute approximate surface area is 130 Å². The molecule has 20 heavy (non-hydrogen) atoms. The lowest BCUT2D eigenvalue weighted by atomic mass is 10.2. The molecule has 5 heteroatoms. The van der Waals surface area contributed by atoms with Gasteiger partial charge in [-0.15, -0.1) is 11.6 Å². The van der Waals surface area contributed by atoms with Gasteiger partial charge in [-0.2, -0.15) is 0 Å². The van der Waals surface area contributed by atoms with E-state index in [9.17, 15) is 4.39 Å². The number of halogens is 3. The van der Waals surface area contributed by atoms with Crippen LogP contribution in [0.2, 0.25) is 0 Å². The van der Waals surface area contributed by atoms with Gasteiger partial charge in [0, 0.05) is 10.0 Å².